The number of rotatable bonds is 9. The van der Waals surface area contributed by atoms with Crippen molar-refractivity contribution >= 4 is 28.8 Å². The highest BCUT2D eigenvalue weighted by atomic mass is 16.2. The maximum atomic E-state index is 13.4. The minimum absolute atomic E-state index is 0.257. The lowest BCUT2D eigenvalue weighted by Gasteiger charge is -2.21. The van der Waals surface area contributed by atoms with Gasteiger partial charge in [-0.1, -0.05) is 60.2 Å². The van der Waals surface area contributed by atoms with Crippen LogP contribution in [0.15, 0.2) is 84.6 Å². The summed E-state index contributed by atoms with van der Waals surface area (Å²) in [6.45, 7) is 8.44. The van der Waals surface area contributed by atoms with E-state index in [-0.39, 0.29) is 11.8 Å². The van der Waals surface area contributed by atoms with Crippen LogP contribution in [0.1, 0.15) is 30.5 Å². The van der Waals surface area contributed by atoms with Gasteiger partial charge in [-0.2, -0.15) is 0 Å². The molecule has 0 saturated carbocycles. The van der Waals surface area contributed by atoms with Gasteiger partial charge in [0.25, 0.3) is 11.8 Å². The summed E-state index contributed by atoms with van der Waals surface area (Å²) < 4.78 is 0. The Morgan fingerprint density at radius 2 is 1.44 bits per heavy atom. The Labute approximate surface area is 201 Å². The standard InChI is InChI=1S/C29H31N3O2/c1-4-31(5-2)25-17-15-24(16-18-25)30-27-26(23-13-11-21(3)12-14-23)28(33)32(29(27)34)20-19-22-9-7-6-8-10-22/h6-18,30H,4-5,19-20H2,1-3H3. The third-order valence-corrected chi connectivity index (χ3v) is 6.24. The van der Waals surface area contributed by atoms with E-state index in [1.807, 2.05) is 85.8 Å². The summed E-state index contributed by atoms with van der Waals surface area (Å²) in [6.07, 6.45) is 0.616. The number of imide groups is 1. The minimum atomic E-state index is -0.288. The first kappa shape index (κ1) is 23.3. The van der Waals surface area contributed by atoms with Gasteiger partial charge in [0, 0.05) is 31.0 Å². The van der Waals surface area contributed by atoms with Crippen molar-refractivity contribution in [2.75, 3.05) is 29.9 Å². The lowest BCUT2D eigenvalue weighted by molar-refractivity contribution is -0.136. The quantitative estimate of drug-likeness (QED) is 0.448. The second kappa shape index (κ2) is 10.4. The molecular weight excluding hydrogens is 422 g/mol. The summed E-state index contributed by atoms with van der Waals surface area (Å²) in [7, 11) is 0. The van der Waals surface area contributed by atoms with E-state index in [0.29, 0.717) is 24.2 Å². The molecule has 4 rings (SSSR count). The third-order valence-electron chi connectivity index (χ3n) is 6.24. The van der Waals surface area contributed by atoms with Crippen LogP contribution in [0.5, 0.6) is 0 Å². The van der Waals surface area contributed by atoms with Crippen molar-refractivity contribution < 1.29 is 9.59 Å². The van der Waals surface area contributed by atoms with Crippen LogP contribution in [-0.2, 0) is 16.0 Å². The first-order chi connectivity index (χ1) is 16.5. The average Bonchev–Trinajstić information content (AvgIpc) is 3.09. The van der Waals surface area contributed by atoms with E-state index in [0.717, 1.165) is 41.2 Å². The third kappa shape index (κ3) is 4.88. The first-order valence-corrected chi connectivity index (χ1v) is 11.8. The minimum Gasteiger partial charge on any atom is -0.372 e. The van der Waals surface area contributed by atoms with Crippen molar-refractivity contribution in [1.29, 1.82) is 0 Å². The summed E-state index contributed by atoms with van der Waals surface area (Å²) in [5.41, 5.74) is 5.59. The van der Waals surface area contributed by atoms with Crippen LogP contribution < -0.4 is 10.2 Å². The Hall–Kier alpha value is -3.86. The fraction of sp³-hybridized carbons (Fsp3) is 0.241. The van der Waals surface area contributed by atoms with Gasteiger partial charge >= 0.3 is 0 Å². The van der Waals surface area contributed by atoms with Crippen molar-refractivity contribution in [3.63, 3.8) is 0 Å². The van der Waals surface area contributed by atoms with Gasteiger partial charge in [-0.3, -0.25) is 14.5 Å². The molecule has 0 saturated heterocycles. The van der Waals surface area contributed by atoms with Gasteiger partial charge in [0.15, 0.2) is 0 Å². The maximum absolute atomic E-state index is 13.4. The Morgan fingerprint density at radius 3 is 2.06 bits per heavy atom. The molecule has 1 N–H and O–H groups in total. The molecule has 34 heavy (non-hydrogen) atoms. The molecule has 5 nitrogen and oxygen atoms in total. The molecule has 1 heterocycles. The Balaban J connectivity index is 1.63. The van der Waals surface area contributed by atoms with Gasteiger partial charge in [0.2, 0.25) is 0 Å². The SMILES string of the molecule is CCN(CC)c1ccc(NC2=C(c3ccc(C)cc3)C(=O)N(CCc3ccccc3)C2=O)cc1. The summed E-state index contributed by atoms with van der Waals surface area (Å²) in [4.78, 5) is 30.5. The van der Waals surface area contributed by atoms with Crippen LogP contribution >= 0.6 is 0 Å². The van der Waals surface area contributed by atoms with Crippen LogP contribution in [0.3, 0.4) is 0 Å². The van der Waals surface area contributed by atoms with Gasteiger partial charge < -0.3 is 10.2 Å². The maximum Gasteiger partial charge on any atom is 0.278 e. The number of amides is 2. The van der Waals surface area contributed by atoms with Crippen LogP contribution in [0.2, 0.25) is 0 Å². The van der Waals surface area contributed by atoms with E-state index in [1.165, 1.54) is 4.90 Å². The number of carbonyl (C=O) groups is 2. The van der Waals surface area contributed by atoms with Crippen LogP contribution in [0.4, 0.5) is 11.4 Å². The van der Waals surface area contributed by atoms with Crippen molar-refractivity contribution in [2.45, 2.75) is 27.2 Å². The fourth-order valence-corrected chi connectivity index (χ4v) is 4.26. The number of benzene rings is 3. The predicted octanol–water partition coefficient (Wildman–Crippen LogP) is 5.28. The average molecular weight is 454 g/mol. The Kier molecular flexibility index (Phi) is 7.12. The molecule has 0 aromatic heterocycles. The van der Waals surface area contributed by atoms with Crippen LogP contribution in [0, 0.1) is 6.92 Å². The van der Waals surface area contributed by atoms with E-state index in [9.17, 15) is 9.59 Å². The largest absolute Gasteiger partial charge is 0.372 e. The molecule has 1 aliphatic rings. The second-order valence-corrected chi connectivity index (χ2v) is 8.46. The molecule has 1 aliphatic heterocycles. The molecular formula is C29H31N3O2. The summed E-state index contributed by atoms with van der Waals surface area (Å²) >= 11 is 0. The lowest BCUT2D eigenvalue weighted by atomic mass is 10.0. The fourth-order valence-electron chi connectivity index (χ4n) is 4.26. The lowest BCUT2D eigenvalue weighted by Crippen LogP contribution is -2.34. The number of nitrogens with one attached hydrogen (secondary N) is 1. The number of hydrogen-bond donors (Lipinski definition) is 1. The van der Waals surface area contributed by atoms with Gasteiger partial charge in [-0.15, -0.1) is 0 Å². The molecule has 0 bridgehead atoms. The van der Waals surface area contributed by atoms with Gasteiger partial charge in [-0.05, 0) is 62.6 Å². The van der Waals surface area contributed by atoms with Crippen molar-refractivity contribution in [3.8, 4) is 0 Å². The Morgan fingerprint density at radius 1 is 0.794 bits per heavy atom. The molecule has 5 heteroatoms. The highest BCUT2D eigenvalue weighted by Crippen LogP contribution is 2.31. The topological polar surface area (TPSA) is 52.7 Å². The van der Waals surface area contributed by atoms with E-state index in [1.54, 1.807) is 0 Å². The molecule has 0 atom stereocenters. The van der Waals surface area contributed by atoms with E-state index < -0.39 is 0 Å². The summed E-state index contributed by atoms with van der Waals surface area (Å²) in [5, 5.41) is 3.26. The number of carbonyl (C=O) groups excluding carboxylic acids is 2. The van der Waals surface area contributed by atoms with E-state index in [2.05, 4.69) is 24.1 Å². The van der Waals surface area contributed by atoms with Crippen molar-refractivity contribution in [3.05, 3.63) is 101 Å². The smallest absolute Gasteiger partial charge is 0.278 e. The van der Waals surface area contributed by atoms with Gasteiger partial charge in [0.1, 0.15) is 5.70 Å². The van der Waals surface area contributed by atoms with Gasteiger partial charge in [0.05, 0.1) is 5.57 Å². The number of anilines is 2. The molecule has 0 unspecified atom stereocenters. The van der Waals surface area contributed by atoms with E-state index >= 15 is 0 Å². The van der Waals surface area contributed by atoms with Gasteiger partial charge in [-0.25, -0.2) is 0 Å². The zero-order chi connectivity index (χ0) is 24.1. The molecule has 0 aliphatic carbocycles. The second-order valence-electron chi connectivity index (χ2n) is 8.46. The van der Waals surface area contributed by atoms with Crippen molar-refractivity contribution in [2.24, 2.45) is 0 Å². The number of aryl methyl sites for hydroxylation is 1. The molecule has 3 aromatic carbocycles. The van der Waals surface area contributed by atoms with Crippen molar-refractivity contribution in [1.82, 2.24) is 4.90 Å². The highest BCUT2D eigenvalue weighted by Gasteiger charge is 2.38. The predicted molar refractivity (Wildman–Crippen MR) is 139 cm³/mol. The van der Waals surface area contributed by atoms with Crippen LogP contribution in [0.25, 0.3) is 5.57 Å². The number of nitrogens with zero attached hydrogens (tertiary/aromatic N) is 2. The monoisotopic (exact) mass is 453 g/mol. The molecule has 3 aromatic rings. The zero-order valence-electron chi connectivity index (χ0n) is 20.0. The Bertz CT molecular complexity index is 1180. The molecule has 0 fully saturated rings. The summed E-state index contributed by atoms with van der Waals surface area (Å²) in [5.74, 6) is -0.545. The molecule has 174 valence electrons. The highest BCUT2D eigenvalue weighted by molar-refractivity contribution is 6.36. The normalized spacial score (nSPS) is 13.6. The molecule has 0 radical (unpaired) electrons. The van der Waals surface area contributed by atoms with Crippen LogP contribution in [-0.4, -0.2) is 36.3 Å². The molecule has 2 amide bonds. The first-order valence-electron chi connectivity index (χ1n) is 11.8. The summed E-state index contributed by atoms with van der Waals surface area (Å²) in [6, 6.07) is 25.6. The zero-order valence-corrected chi connectivity index (χ0v) is 20.0. The number of hydrogen-bond acceptors (Lipinski definition) is 4. The van der Waals surface area contributed by atoms with E-state index in [4.69, 9.17) is 0 Å². The molecule has 0 spiro atoms.